The van der Waals surface area contributed by atoms with Gasteiger partial charge in [-0.3, -0.25) is 4.79 Å². The number of benzene rings is 1. The van der Waals surface area contributed by atoms with Gasteiger partial charge in [-0.15, -0.1) is 0 Å². The van der Waals surface area contributed by atoms with Crippen LogP contribution in [0.3, 0.4) is 0 Å². The first kappa shape index (κ1) is 6.59. The molecular weight excluding hydrogens is 136 g/mol. The number of Topliss-reactive ketones (excluding diaryl/α,β-unsaturated/α-hetero) is 1. The van der Waals surface area contributed by atoms with Gasteiger partial charge in [-0.1, -0.05) is 18.2 Å². The molecule has 0 aromatic heterocycles. The fourth-order valence-corrected chi connectivity index (χ4v) is 1.50. The van der Waals surface area contributed by atoms with Gasteiger partial charge in [0.1, 0.15) is 0 Å². The first-order valence-electron chi connectivity index (χ1n) is 3.91. The van der Waals surface area contributed by atoms with Crippen molar-refractivity contribution >= 4 is 5.78 Å². The summed E-state index contributed by atoms with van der Waals surface area (Å²) in [6.45, 7) is 0. The molecule has 55 valence electrons. The molecule has 0 saturated carbocycles. The van der Waals surface area contributed by atoms with Crippen molar-refractivity contribution in [2.45, 2.75) is 19.3 Å². The minimum atomic E-state index is 0.256. The Morgan fingerprint density at radius 1 is 1.36 bits per heavy atom. The number of hydrogen-bond acceptors (Lipinski definition) is 1. The molecule has 0 unspecified atom stereocenters. The highest BCUT2D eigenvalue weighted by Gasteiger charge is 2.15. The monoisotopic (exact) mass is 145 g/mol. The van der Waals surface area contributed by atoms with E-state index in [1.807, 2.05) is 18.2 Å². The van der Waals surface area contributed by atoms with Crippen molar-refractivity contribution < 1.29 is 4.79 Å². The zero-order valence-corrected chi connectivity index (χ0v) is 6.26. The van der Waals surface area contributed by atoms with E-state index in [1.54, 1.807) is 0 Å². The van der Waals surface area contributed by atoms with Gasteiger partial charge < -0.3 is 0 Å². The van der Waals surface area contributed by atoms with Crippen molar-refractivity contribution in [2.24, 2.45) is 0 Å². The summed E-state index contributed by atoms with van der Waals surface area (Å²) < 4.78 is 0. The zero-order valence-electron chi connectivity index (χ0n) is 6.26. The van der Waals surface area contributed by atoms with E-state index in [9.17, 15) is 4.79 Å². The Hall–Kier alpha value is -1.11. The van der Waals surface area contributed by atoms with Crippen molar-refractivity contribution in [3.8, 4) is 0 Å². The third kappa shape index (κ3) is 1.07. The lowest BCUT2D eigenvalue weighted by Gasteiger charge is -2.12. The number of hydrogen-bond donors (Lipinski definition) is 0. The van der Waals surface area contributed by atoms with Gasteiger partial charge in [0.05, 0.1) is 0 Å². The molecule has 0 atom stereocenters. The summed E-state index contributed by atoms with van der Waals surface area (Å²) in [4.78, 5) is 11.3. The summed E-state index contributed by atoms with van der Waals surface area (Å²) in [5.74, 6) is 0.256. The number of carbonyl (C=O) groups excluding carboxylic acids is 1. The molecule has 2 rings (SSSR count). The van der Waals surface area contributed by atoms with E-state index in [4.69, 9.17) is 0 Å². The second-order valence-corrected chi connectivity index (χ2v) is 2.85. The first-order chi connectivity index (χ1) is 5.38. The Bertz CT molecular complexity index is 289. The molecule has 0 fully saturated rings. The van der Waals surface area contributed by atoms with E-state index in [2.05, 4.69) is 6.07 Å². The summed E-state index contributed by atoms with van der Waals surface area (Å²) in [6.07, 6.45) is 2.75. The van der Waals surface area contributed by atoms with Crippen molar-refractivity contribution in [1.29, 1.82) is 0 Å². The fraction of sp³-hybridized carbons (Fsp3) is 0.300. The number of rotatable bonds is 0. The predicted molar refractivity (Wildman–Crippen MR) is 42.5 cm³/mol. The summed E-state index contributed by atoms with van der Waals surface area (Å²) in [6, 6.07) is 8.76. The minimum Gasteiger partial charge on any atom is -0.294 e. The Labute approximate surface area is 66.0 Å². The van der Waals surface area contributed by atoms with Gasteiger partial charge >= 0.3 is 0 Å². The van der Waals surface area contributed by atoms with E-state index >= 15 is 0 Å². The summed E-state index contributed by atoms with van der Waals surface area (Å²) in [7, 11) is 0. The normalized spacial score (nSPS) is 16.2. The smallest absolute Gasteiger partial charge is 0.163 e. The molecule has 0 N–H and O–H groups in total. The van der Waals surface area contributed by atoms with Gasteiger partial charge in [0, 0.05) is 12.0 Å². The second kappa shape index (κ2) is 2.50. The Kier molecular flexibility index (Phi) is 1.50. The Morgan fingerprint density at radius 3 is 3.09 bits per heavy atom. The van der Waals surface area contributed by atoms with Crippen LogP contribution in [-0.2, 0) is 6.42 Å². The molecule has 1 aromatic carbocycles. The topological polar surface area (TPSA) is 17.1 Å². The maximum Gasteiger partial charge on any atom is 0.163 e. The SMILES string of the molecule is O=C1CCCc2ccc[c]c21. The molecule has 0 amide bonds. The third-order valence-electron chi connectivity index (χ3n) is 2.07. The molecule has 1 heteroatoms. The average molecular weight is 145 g/mol. The molecule has 0 spiro atoms. The van der Waals surface area contributed by atoms with Crippen LogP contribution in [0.5, 0.6) is 0 Å². The second-order valence-electron chi connectivity index (χ2n) is 2.85. The van der Waals surface area contributed by atoms with Crippen LogP contribution in [0.1, 0.15) is 28.8 Å². The molecule has 1 aliphatic rings. The molecule has 0 aliphatic heterocycles. The van der Waals surface area contributed by atoms with Crippen LogP contribution in [0, 0.1) is 6.07 Å². The number of aryl methyl sites for hydroxylation is 1. The lowest BCUT2D eigenvalue weighted by molar-refractivity contribution is 0.0972. The molecule has 11 heavy (non-hydrogen) atoms. The molecule has 0 heterocycles. The highest BCUT2D eigenvalue weighted by Crippen LogP contribution is 2.19. The molecule has 1 aromatic rings. The van der Waals surface area contributed by atoms with Crippen LogP contribution >= 0.6 is 0 Å². The lowest BCUT2D eigenvalue weighted by Crippen LogP contribution is -2.10. The maximum atomic E-state index is 11.3. The minimum absolute atomic E-state index is 0.256. The summed E-state index contributed by atoms with van der Waals surface area (Å²) in [5.41, 5.74) is 1.99. The quantitative estimate of drug-likeness (QED) is 0.545. The van der Waals surface area contributed by atoms with E-state index < -0.39 is 0 Å². The van der Waals surface area contributed by atoms with Gasteiger partial charge in [0.25, 0.3) is 0 Å². The number of ketones is 1. The molecule has 0 saturated heterocycles. The molecule has 1 aliphatic carbocycles. The van der Waals surface area contributed by atoms with Crippen LogP contribution in [-0.4, -0.2) is 5.78 Å². The van der Waals surface area contributed by atoms with Crippen molar-refractivity contribution in [2.75, 3.05) is 0 Å². The Balaban J connectivity index is 2.52. The van der Waals surface area contributed by atoms with Crippen LogP contribution in [0.4, 0.5) is 0 Å². The van der Waals surface area contributed by atoms with E-state index in [0.717, 1.165) is 18.4 Å². The lowest BCUT2D eigenvalue weighted by atomic mass is 9.91. The average Bonchev–Trinajstić information content (AvgIpc) is 2.06. The van der Waals surface area contributed by atoms with Crippen molar-refractivity contribution in [3.05, 3.63) is 35.4 Å². The number of carbonyl (C=O) groups is 1. The highest BCUT2D eigenvalue weighted by molar-refractivity contribution is 5.98. The Morgan fingerprint density at radius 2 is 2.27 bits per heavy atom. The molecule has 1 radical (unpaired) electrons. The van der Waals surface area contributed by atoms with E-state index in [-0.39, 0.29) is 5.78 Å². The molecule has 0 bridgehead atoms. The van der Waals surface area contributed by atoms with Crippen LogP contribution in [0.2, 0.25) is 0 Å². The van der Waals surface area contributed by atoms with E-state index in [1.165, 1.54) is 5.56 Å². The van der Waals surface area contributed by atoms with Gasteiger partial charge in [0.15, 0.2) is 5.78 Å². The van der Waals surface area contributed by atoms with Crippen LogP contribution in [0.25, 0.3) is 0 Å². The van der Waals surface area contributed by atoms with Gasteiger partial charge in [0.2, 0.25) is 0 Å². The van der Waals surface area contributed by atoms with Crippen LogP contribution in [0.15, 0.2) is 18.2 Å². The van der Waals surface area contributed by atoms with Gasteiger partial charge in [-0.25, -0.2) is 0 Å². The largest absolute Gasteiger partial charge is 0.294 e. The van der Waals surface area contributed by atoms with Gasteiger partial charge in [-0.2, -0.15) is 0 Å². The number of fused-ring (bicyclic) bond motifs is 1. The van der Waals surface area contributed by atoms with Gasteiger partial charge in [-0.05, 0) is 24.5 Å². The maximum absolute atomic E-state index is 11.3. The first-order valence-corrected chi connectivity index (χ1v) is 3.91. The standard InChI is InChI=1S/C10H9O/c11-10-7-3-5-8-4-1-2-6-9(8)10/h1-2,4H,3,5,7H2. The van der Waals surface area contributed by atoms with Crippen molar-refractivity contribution in [3.63, 3.8) is 0 Å². The van der Waals surface area contributed by atoms with E-state index in [0.29, 0.717) is 6.42 Å². The third-order valence-corrected chi connectivity index (χ3v) is 2.07. The van der Waals surface area contributed by atoms with Crippen LogP contribution < -0.4 is 0 Å². The molecular formula is C10H9O. The zero-order chi connectivity index (χ0) is 7.68. The van der Waals surface area contributed by atoms with Crippen molar-refractivity contribution in [1.82, 2.24) is 0 Å². The highest BCUT2D eigenvalue weighted by atomic mass is 16.1. The summed E-state index contributed by atoms with van der Waals surface area (Å²) in [5, 5.41) is 0. The predicted octanol–water partition coefficient (Wildman–Crippen LogP) is 2.01. The fourth-order valence-electron chi connectivity index (χ4n) is 1.50. The molecule has 1 nitrogen and oxygen atoms in total. The summed E-state index contributed by atoms with van der Waals surface area (Å²) >= 11 is 0.